The number of sulfonamides is 1. The zero-order valence-electron chi connectivity index (χ0n) is 15.7. The number of aromatic nitrogens is 2. The second kappa shape index (κ2) is 8.07. The molecule has 0 atom stereocenters. The zero-order valence-corrected chi connectivity index (χ0v) is 17.3. The highest BCUT2D eigenvalue weighted by molar-refractivity contribution is 7.92. The molecule has 0 aliphatic heterocycles. The molecule has 1 aromatic heterocycles. The van der Waals surface area contributed by atoms with Gasteiger partial charge in [-0.05, 0) is 49.6 Å². The Balaban J connectivity index is 1.89. The van der Waals surface area contributed by atoms with E-state index in [0.717, 1.165) is 17.0 Å². The first-order chi connectivity index (χ1) is 13.3. The predicted octanol–water partition coefficient (Wildman–Crippen LogP) is 3.77. The number of amides is 1. The maximum Gasteiger partial charge on any atom is 0.262 e. The van der Waals surface area contributed by atoms with Crippen LogP contribution in [0.2, 0.25) is 0 Å². The summed E-state index contributed by atoms with van der Waals surface area (Å²) in [6, 6.07) is 11.6. The average molecular weight is 417 g/mol. The van der Waals surface area contributed by atoms with Crippen molar-refractivity contribution < 1.29 is 13.2 Å². The van der Waals surface area contributed by atoms with Crippen LogP contribution < -0.4 is 10.0 Å². The van der Waals surface area contributed by atoms with Gasteiger partial charge in [-0.15, -0.1) is 10.2 Å². The molecule has 2 N–H and O–H groups in total. The molecule has 1 amide bonds. The average Bonchev–Trinajstić information content (AvgIpc) is 3.11. The van der Waals surface area contributed by atoms with Gasteiger partial charge in [-0.2, -0.15) is 0 Å². The van der Waals surface area contributed by atoms with Crippen LogP contribution >= 0.6 is 11.3 Å². The van der Waals surface area contributed by atoms with E-state index in [1.165, 1.54) is 11.3 Å². The van der Waals surface area contributed by atoms with Gasteiger partial charge < -0.3 is 0 Å². The lowest BCUT2D eigenvalue weighted by atomic mass is 10.2. The largest absolute Gasteiger partial charge is 0.296 e. The van der Waals surface area contributed by atoms with Crippen molar-refractivity contribution in [2.45, 2.75) is 32.1 Å². The molecule has 3 aromatic rings. The smallest absolute Gasteiger partial charge is 0.262 e. The Morgan fingerprint density at radius 2 is 1.86 bits per heavy atom. The molecule has 7 nitrogen and oxygen atoms in total. The summed E-state index contributed by atoms with van der Waals surface area (Å²) in [5.74, 6) is -0.460. The van der Waals surface area contributed by atoms with Crippen LogP contribution in [0, 0.1) is 13.8 Å². The van der Waals surface area contributed by atoms with Gasteiger partial charge in [-0.3, -0.25) is 14.8 Å². The van der Waals surface area contributed by atoms with Gasteiger partial charge in [0.15, 0.2) is 0 Å². The SMILES string of the molecule is CCc1nnc(NC(=O)c2ccccc2NS(=O)(=O)c2cc(C)ccc2C)s1. The number of anilines is 2. The molecule has 0 spiro atoms. The van der Waals surface area contributed by atoms with Crippen LogP contribution in [0.1, 0.15) is 33.4 Å². The number of nitrogens with one attached hydrogen (secondary N) is 2. The van der Waals surface area contributed by atoms with Crippen molar-refractivity contribution in [3.63, 3.8) is 0 Å². The fourth-order valence-corrected chi connectivity index (χ4v) is 4.66. The van der Waals surface area contributed by atoms with E-state index in [1.54, 1.807) is 43.3 Å². The topological polar surface area (TPSA) is 101 Å². The third kappa shape index (κ3) is 4.37. The summed E-state index contributed by atoms with van der Waals surface area (Å²) in [5.41, 5.74) is 1.85. The van der Waals surface area contributed by atoms with Crippen molar-refractivity contribution in [2.24, 2.45) is 0 Å². The predicted molar refractivity (Wildman–Crippen MR) is 110 cm³/mol. The molecule has 0 aliphatic carbocycles. The van der Waals surface area contributed by atoms with Gasteiger partial charge in [0.25, 0.3) is 15.9 Å². The number of hydrogen-bond acceptors (Lipinski definition) is 6. The third-order valence-corrected chi connectivity index (χ3v) is 6.53. The summed E-state index contributed by atoms with van der Waals surface area (Å²) in [6.07, 6.45) is 0.722. The van der Waals surface area contributed by atoms with E-state index in [2.05, 4.69) is 20.2 Å². The van der Waals surface area contributed by atoms with E-state index in [0.29, 0.717) is 10.7 Å². The van der Waals surface area contributed by atoms with Crippen LogP contribution in [0.3, 0.4) is 0 Å². The molecule has 0 saturated heterocycles. The van der Waals surface area contributed by atoms with Gasteiger partial charge in [0.2, 0.25) is 5.13 Å². The van der Waals surface area contributed by atoms with Crippen LogP contribution in [-0.4, -0.2) is 24.5 Å². The fourth-order valence-electron chi connectivity index (χ4n) is 2.58. The van der Waals surface area contributed by atoms with Gasteiger partial charge in [-0.25, -0.2) is 8.42 Å². The Labute approximate surface area is 167 Å². The van der Waals surface area contributed by atoms with Crippen molar-refractivity contribution in [3.8, 4) is 0 Å². The van der Waals surface area contributed by atoms with Crippen molar-refractivity contribution in [1.29, 1.82) is 0 Å². The number of carbonyl (C=O) groups excluding carboxylic acids is 1. The maximum absolute atomic E-state index is 12.9. The van der Waals surface area contributed by atoms with Gasteiger partial charge >= 0.3 is 0 Å². The summed E-state index contributed by atoms with van der Waals surface area (Å²) in [5, 5.41) is 11.7. The molecule has 146 valence electrons. The van der Waals surface area contributed by atoms with Crippen LogP contribution in [-0.2, 0) is 16.4 Å². The Kier molecular flexibility index (Phi) is 5.76. The quantitative estimate of drug-likeness (QED) is 0.637. The lowest BCUT2D eigenvalue weighted by Gasteiger charge is -2.14. The number of benzene rings is 2. The number of hydrogen-bond donors (Lipinski definition) is 2. The van der Waals surface area contributed by atoms with E-state index in [-0.39, 0.29) is 16.1 Å². The van der Waals surface area contributed by atoms with Crippen molar-refractivity contribution in [2.75, 3.05) is 10.0 Å². The van der Waals surface area contributed by atoms with Gasteiger partial charge in [0, 0.05) is 0 Å². The van der Waals surface area contributed by atoms with Crippen LogP contribution in [0.25, 0.3) is 0 Å². The summed E-state index contributed by atoms with van der Waals surface area (Å²) >= 11 is 1.28. The summed E-state index contributed by atoms with van der Waals surface area (Å²) in [4.78, 5) is 12.8. The second-order valence-electron chi connectivity index (χ2n) is 6.23. The van der Waals surface area contributed by atoms with Gasteiger partial charge in [-0.1, -0.05) is 42.5 Å². The Morgan fingerprint density at radius 3 is 2.57 bits per heavy atom. The summed E-state index contributed by atoms with van der Waals surface area (Å²) in [6.45, 7) is 5.50. The molecule has 28 heavy (non-hydrogen) atoms. The molecule has 2 aromatic carbocycles. The fraction of sp³-hybridized carbons (Fsp3) is 0.211. The minimum Gasteiger partial charge on any atom is -0.296 e. The van der Waals surface area contributed by atoms with Crippen LogP contribution in [0.15, 0.2) is 47.4 Å². The summed E-state index contributed by atoms with van der Waals surface area (Å²) < 4.78 is 28.3. The standard InChI is InChI=1S/C19H20N4O3S2/c1-4-17-21-22-19(27-17)20-18(24)14-7-5-6-8-15(14)23-28(25,26)16-11-12(2)9-10-13(16)3/h5-11,23H,4H2,1-3H3,(H,20,22,24). The van der Waals surface area contributed by atoms with Crippen molar-refractivity contribution in [3.05, 3.63) is 64.2 Å². The monoisotopic (exact) mass is 416 g/mol. The normalized spacial score (nSPS) is 11.2. The number of nitrogens with zero attached hydrogens (tertiary/aromatic N) is 2. The molecule has 0 aliphatic rings. The highest BCUT2D eigenvalue weighted by Crippen LogP contribution is 2.24. The first kappa shape index (κ1) is 20.0. The molecule has 1 heterocycles. The third-order valence-electron chi connectivity index (χ3n) is 4.04. The minimum absolute atomic E-state index is 0.180. The van der Waals surface area contributed by atoms with Crippen molar-refractivity contribution >= 4 is 38.1 Å². The van der Waals surface area contributed by atoms with Crippen LogP contribution in [0.5, 0.6) is 0 Å². The van der Waals surface area contributed by atoms with E-state index in [9.17, 15) is 13.2 Å². The molecular weight excluding hydrogens is 396 g/mol. The number of rotatable bonds is 6. The summed E-state index contributed by atoms with van der Waals surface area (Å²) in [7, 11) is -3.85. The van der Waals surface area contributed by atoms with E-state index in [4.69, 9.17) is 0 Å². The van der Waals surface area contributed by atoms with Crippen molar-refractivity contribution in [1.82, 2.24) is 10.2 Å². The first-order valence-electron chi connectivity index (χ1n) is 8.63. The zero-order chi connectivity index (χ0) is 20.3. The lowest BCUT2D eigenvalue weighted by molar-refractivity contribution is 0.102. The number of carbonyl (C=O) groups is 1. The number of aryl methyl sites for hydroxylation is 3. The number of para-hydroxylation sites is 1. The Hall–Kier alpha value is -2.78. The minimum atomic E-state index is -3.85. The molecule has 9 heteroatoms. The lowest BCUT2D eigenvalue weighted by Crippen LogP contribution is -2.19. The molecule has 0 fully saturated rings. The highest BCUT2D eigenvalue weighted by atomic mass is 32.2. The van der Waals surface area contributed by atoms with Gasteiger partial charge in [0.05, 0.1) is 16.1 Å². The highest BCUT2D eigenvalue weighted by Gasteiger charge is 2.21. The van der Waals surface area contributed by atoms with Gasteiger partial charge in [0.1, 0.15) is 5.01 Å². The van der Waals surface area contributed by atoms with Crippen LogP contribution in [0.4, 0.5) is 10.8 Å². The molecular formula is C19H20N4O3S2. The molecule has 0 unspecified atom stereocenters. The molecule has 0 radical (unpaired) electrons. The molecule has 0 saturated carbocycles. The van der Waals surface area contributed by atoms with E-state index < -0.39 is 15.9 Å². The molecule has 0 bridgehead atoms. The molecule has 3 rings (SSSR count). The van der Waals surface area contributed by atoms with E-state index >= 15 is 0 Å². The first-order valence-corrected chi connectivity index (χ1v) is 10.9. The Bertz CT molecular complexity index is 1120. The maximum atomic E-state index is 12.9. The van der Waals surface area contributed by atoms with E-state index in [1.807, 2.05) is 19.9 Å². The Morgan fingerprint density at radius 1 is 1.11 bits per heavy atom. The second-order valence-corrected chi connectivity index (χ2v) is 8.94.